The van der Waals surface area contributed by atoms with E-state index in [9.17, 15) is 19.2 Å². The molecule has 0 aliphatic rings. The zero-order valence-electron chi connectivity index (χ0n) is 9.87. The Morgan fingerprint density at radius 3 is 1.18 bits per heavy atom. The number of esters is 2. The Bertz CT molecular complexity index is 452. The Morgan fingerprint density at radius 2 is 0.955 bits per heavy atom. The minimum atomic E-state index is -2.43. The van der Waals surface area contributed by atoms with Crippen molar-refractivity contribution in [2.45, 2.75) is 7.59 Å². The molecule has 0 aliphatic carbocycles. The second kappa shape index (κ2) is 8.85. The predicted octanol–water partition coefficient (Wildman–Crippen LogP) is 2.70. The number of alkyl carbamates (subject to hydrolysis) is 2. The Balaban J connectivity index is 4.15. The maximum absolute atomic E-state index is 11.0. The van der Waals surface area contributed by atoms with Gasteiger partial charge >= 0.3 is 24.1 Å². The molecule has 0 fully saturated rings. The summed E-state index contributed by atoms with van der Waals surface area (Å²) in [5.41, 5.74) is 0. The molecule has 0 saturated carbocycles. The average molecular weight is 437 g/mol. The summed E-state index contributed by atoms with van der Waals surface area (Å²) in [4.78, 5) is 44.0. The minimum absolute atomic E-state index is 0.801. The number of carbonyl (C=O) groups is 4. The van der Waals surface area contributed by atoms with Crippen molar-refractivity contribution in [2.75, 3.05) is 0 Å². The smallest absolute Gasteiger partial charge is 0.373 e. The highest BCUT2D eigenvalue weighted by Crippen LogP contribution is 2.27. The Morgan fingerprint density at radius 1 is 0.682 bits per heavy atom. The molecule has 0 spiro atoms. The zero-order valence-corrected chi connectivity index (χ0v) is 14.4. The molecule has 0 bridgehead atoms. The molecule has 0 aliphatic heterocycles. The van der Waals surface area contributed by atoms with Crippen LogP contribution in [0.2, 0.25) is 0 Å². The molecule has 0 rings (SSSR count). The number of halogens is 6. The van der Waals surface area contributed by atoms with E-state index in [4.69, 9.17) is 69.6 Å². The van der Waals surface area contributed by atoms with Crippen LogP contribution in [0.3, 0.4) is 0 Å². The fourth-order valence-corrected chi connectivity index (χ4v) is 0.794. The highest BCUT2D eigenvalue weighted by molar-refractivity contribution is 6.76. The molecule has 0 aromatic rings. The van der Waals surface area contributed by atoms with Crippen molar-refractivity contribution in [1.29, 1.82) is 0 Å². The van der Waals surface area contributed by atoms with Crippen molar-refractivity contribution in [3.05, 3.63) is 12.4 Å². The number of hydrogen-bond donors (Lipinski definition) is 2. The quantitative estimate of drug-likeness (QED) is 0.391. The van der Waals surface area contributed by atoms with Gasteiger partial charge in [0, 0.05) is 12.4 Å². The van der Waals surface area contributed by atoms with Crippen LogP contribution < -0.4 is 10.6 Å². The molecule has 0 saturated heterocycles. The first kappa shape index (κ1) is 21.4. The van der Waals surface area contributed by atoms with Gasteiger partial charge < -0.3 is 9.47 Å². The summed E-state index contributed by atoms with van der Waals surface area (Å²) < 4.78 is 3.23. The van der Waals surface area contributed by atoms with Gasteiger partial charge in [0.2, 0.25) is 0 Å². The van der Waals surface area contributed by atoms with Crippen LogP contribution in [-0.4, -0.2) is 31.7 Å². The summed E-state index contributed by atoms with van der Waals surface area (Å²) in [7, 11) is 0. The summed E-state index contributed by atoms with van der Waals surface area (Å²) in [5.74, 6) is -2.88. The monoisotopic (exact) mass is 434 g/mol. The Labute approximate surface area is 152 Å². The first-order chi connectivity index (χ1) is 9.84. The second-order valence-corrected chi connectivity index (χ2v) is 7.53. The third kappa shape index (κ3) is 9.39. The van der Waals surface area contributed by atoms with E-state index in [2.05, 4.69) is 9.47 Å². The van der Waals surface area contributed by atoms with Crippen molar-refractivity contribution in [1.82, 2.24) is 10.6 Å². The van der Waals surface area contributed by atoms with Gasteiger partial charge in [0.1, 0.15) is 0 Å². The molecule has 0 aromatic carbocycles. The standard InChI is InChI=1S/C8H4Cl6N2O6/c9-7(10,11)3(17)21-5(19)15-1-2-16-6(20)22-4(18)8(12,13)14/h1-2H,(H,15,19)(H,16,20)/b2-1+. The molecule has 22 heavy (non-hydrogen) atoms. The first-order valence-electron chi connectivity index (χ1n) is 4.68. The molecule has 124 valence electrons. The first-order valence-corrected chi connectivity index (χ1v) is 6.95. The van der Waals surface area contributed by atoms with Gasteiger partial charge in [0.15, 0.2) is 0 Å². The fourth-order valence-electron chi connectivity index (χ4n) is 0.562. The Hall–Kier alpha value is -0.640. The largest absolute Gasteiger partial charge is 0.419 e. The number of ether oxygens (including phenoxy) is 2. The van der Waals surface area contributed by atoms with Crippen molar-refractivity contribution in [3.8, 4) is 0 Å². The molecular weight excluding hydrogens is 433 g/mol. The van der Waals surface area contributed by atoms with Gasteiger partial charge in [-0.2, -0.15) is 0 Å². The maximum Gasteiger partial charge on any atom is 0.419 e. The van der Waals surface area contributed by atoms with Crippen molar-refractivity contribution in [2.24, 2.45) is 0 Å². The van der Waals surface area contributed by atoms with Gasteiger partial charge in [0.05, 0.1) is 0 Å². The topological polar surface area (TPSA) is 111 Å². The molecule has 0 atom stereocenters. The van der Waals surface area contributed by atoms with Gasteiger partial charge in [-0.25, -0.2) is 19.2 Å². The number of carbonyl (C=O) groups excluding carboxylic acids is 4. The van der Waals surface area contributed by atoms with Crippen LogP contribution in [0.5, 0.6) is 0 Å². The number of hydrogen-bond acceptors (Lipinski definition) is 6. The lowest BCUT2D eigenvalue weighted by Gasteiger charge is -2.09. The van der Waals surface area contributed by atoms with E-state index in [1.54, 1.807) is 0 Å². The van der Waals surface area contributed by atoms with Gasteiger partial charge in [-0.05, 0) is 0 Å². The number of nitrogens with one attached hydrogen (secondary N) is 2. The molecule has 2 amide bonds. The summed E-state index contributed by atoms with van der Waals surface area (Å²) in [6.07, 6.45) is -1.01. The van der Waals surface area contributed by atoms with Gasteiger partial charge in [-0.1, -0.05) is 69.6 Å². The van der Waals surface area contributed by atoms with Crippen LogP contribution in [0.15, 0.2) is 12.4 Å². The van der Waals surface area contributed by atoms with Crippen LogP contribution in [0.4, 0.5) is 9.59 Å². The van der Waals surface area contributed by atoms with E-state index in [1.165, 1.54) is 0 Å². The average Bonchev–Trinajstić information content (AvgIpc) is 2.32. The summed E-state index contributed by atoms with van der Waals surface area (Å²) >= 11 is 30.8. The molecular formula is C8H4Cl6N2O6. The van der Waals surface area contributed by atoms with E-state index in [0.717, 1.165) is 12.4 Å². The fraction of sp³-hybridized carbons (Fsp3) is 0.250. The minimum Gasteiger partial charge on any atom is -0.373 e. The number of rotatable bonds is 2. The lowest BCUT2D eigenvalue weighted by molar-refractivity contribution is -0.137. The molecule has 0 aromatic heterocycles. The summed E-state index contributed by atoms with van der Waals surface area (Å²) in [6, 6.07) is 0. The zero-order chi connectivity index (χ0) is 17.6. The molecule has 2 N–H and O–H groups in total. The molecule has 0 radical (unpaired) electrons. The van der Waals surface area contributed by atoms with Crippen molar-refractivity contribution in [3.63, 3.8) is 0 Å². The molecule has 8 nitrogen and oxygen atoms in total. The Kier molecular flexibility index (Phi) is 8.60. The van der Waals surface area contributed by atoms with Gasteiger partial charge in [0.25, 0.3) is 7.59 Å². The van der Waals surface area contributed by atoms with Crippen LogP contribution >= 0.6 is 69.6 Å². The highest BCUT2D eigenvalue weighted by atomic mass is 35.6. The lowest BCUT2D eigenvalue weighted by atomic mass is 10.7. The van der Waals surface area contributed by atoms with E-state index in [-0.39, 0.29) is 0 Å². The van der Waals surface area contributed by atoms with Crippen molar-refractivity contribution >= 4 is 93.7 Å². The predicted molar refractivity (Wildman–Crippen MR) is 79.0 cm³/mol. The molecule has 0 unspecified atom stereocenters. The van der Waals surface area contributed by atoms with Crippen LogP contribution in [0, 0.1) is 0 Å². The van der Waals surface area contributed by atoms with Gasteiger partial charge in [-0.3, -0.25) is 10.6 Å². The molecule has 14 heteroatoms. The maximum atomic E-state index is 11.0. The lowest BCUT2D eigenvalue weighted by Crippen LogP contribution is -2.31. The summed E-state index contributed by atoms with van der Waals surface area (Å²) in [5, 5.41) is 3.71. The van der Waals surface area contributed by atoms with Gasteiger partial charge in [-0.15, -0.1) is 0 Å². The summed E-state index contributed by atoms with van der Waals surface area (Å²) in [6.45, 7) is 0. The number of amides is 2. The van der Waals surface area contributed by atoms with Crippen LogP contribution in [0.25, 0.3) is 0 Å². The normalized spacial score (nSPS) is 11.7. The third-order valence-corrected chi connectivity index (χ3v) is 2.25. The second-order valence-electron chi connectivity index (χ2n) is 2.97. The van der Waals surface area contributed by atoms with E-state index >= 15 is 0 Å². The van der Waals surface area contributed by atoms with E-state index in [0.29, 0.717) is 0 Å². The number of alkyl halides is 6. The van der Waals surface area contributed by atoms with E-state index in [1.807, 2.05) is 10.6 Å². The third-order valence-electron chi connectivity index (χ3n) is 1.32. The molecule has 0 heterocycles. The highest BCUT2D eigenvalue weighted by Gasteiger charge is 2.35. The van der Waals surface area contributed by atoms with Crippen LogP contribution in [-0.2, 0) is 19.1 Å². The van der Waals surface area contributed by atoms with E-state index < -0.39 is 31.7 Å². The van der Waals surface area contributed by atoms with Crippen molar-refractivity contribution < 1.29 is 28.7 Å². The van der Waals surface area contributed by atoms with Crippen LogP contribution in [0.1, 0.15) is 0 Å². The SMILES string of the molecule is O=C(N/C=C/NC(=O)OC(=O)C(Cl)(Cl)Cl)OC(=O)C(Cl)(Cl)Cl.